The summed E-state index contributed by atoms with van der Waals surface area (Å²) in [7, 11) is 0. The molecule has 128 valence electrons. The topological polar surface area (TPSA) is 41.1 Å². The van der Waals surface area contributed by atoms with E-state index in [9.17, 15) is 4.79 Å². The van der Waals surface area contributed by atoms with Gasteiger partial charge in [0, 0.05) is 18.0 Å². The maximum atomic E-state index is 12.1. The second-order valence-electron chi connectivity index (χ2n) is 7.48. The SMILES string of the molecule is CC(C)(CNC(=O)CCC1CCNCC1)Cc1cccc(Cl)c1. The fraction of sp³-hybridized carbons (Fsp3) is 0.632. The van der Waals surface area contributed by atoms with Gasteiger partial charge in [0.15, 0.2) is 0 Å². The Kier molecular flexibility index (Phi) is 6.91. The summed E-state index contributed by atoms with van der Waals surface area (Å²) in [6, 6.07) is 7.96. The van der Waals surface area contributed by atoms with Gasteiger partial charge in [-0.1, -0.05) is 37.6 Å². The molecule has 1 saturated heterocycles. The smallest absolute Gasteiger partial charge is 0.220 e. The van der Waals surface area contributed by atoms with E-state index in [-0.39, 0.29) is 11.3 Å². The van der Waals surface area contributed by atoms with Gasteiger partial charge in [-0.25, -0.2) is 0 Å². The van der Waals surface area contributed by atoms with Crippen molar-refractivity contribution >= 4 is 17.5 Å². The molecule has 1 aliphatic heterocycles. The number of rotatable bonds is 7. The lowest BCUT2D eigenvalue weighted by molar-refractivity contribution is -0.121. The third kappa shape index (κ3) is 6.92. The van der Waals surface area contributed by atoms with Crippen LogP contribution >= 0.6 is 11.6 Å². The number of carbonyl (C=O) groups excluding carboxylic acids is 1. The van der Waals surface area contributed by atoms with Crippen LogP contribution in [-0.4, -0.2) is 25.5 Å². The van der Waals surface area contributed by atoms with E-state index in [0.29, 0.717) is 18.9 Å². The van der Waals surface area contributed by atoms with Crippen LogP contribution in [-0.2, 0) is 11.2 Å². The molecule has 0 aliphatic carbocycles. The largest absolute Gasteiger partial charge is 0.356 e. The summed E-state index contributed by atoms with van der Waals surface area (Å²) >= 11 is 6.04. The van der Waals surface area contributed by atoms with E-state index in [1.165, 1.54) is 18.4 Å². The summed E-state index contributed by atoms with van der Waals surface area (Å²) in [5, 5.41) is 7.24. The highest BCUT2D eigenvalue weighted by Gasteiger charge is 2.20. The molecule has 0 unspecified atom stereocenters. The first-order chi connectivity index (χ1) is 10.9. The van der Waals surface area contributed by atoms with Gasteiger partial charge in [-0.2, -0.15) is 0 Å². The highest BCUT2D eigenvalue weighted by molar-refractivity contribution is 6.30. The molecule has 3 nitrogen and oxygen atoms in total. The predicted octanol–water partition coefficient (Wildman–Crippen LogP) is 3.80. The Morgan fingerprint density at radius 1 is 1.35 bits per heavy atom. The van der Waals surface area contributed by atoms with Crippen molar-refractivity contribution in [2.75, 3.05) is 19.6 Å². The molecular weight excluding hydrogens is 308 g/mol. The lowest BCUT2D eigenvalue weighted by Crippen LogP contribution is -2.35. The van der Waals surface area contributed by atoms with Crippen molar-refractivity contribution in [2.24, 2.45) is 11.3 Å². The molecule has 4 heteroatoms. The Morgan fingerprint density at radius 3 is 2.78 bits per heavy atom. The third-order valence-electron chi connectivity index (χ3n) is 4.57. The molecule has 23 heavy (non-hydrogen) atoms. The average molecular weight is 337 g/mol. The fourth-order valence-corrected chi connectivity index (χ4v) is 3.41. The minimum Gasteiger partial charge on any atom is -0.356 e. The second kappa shape index (κ2) is 8.70. The molecule has 0 spiro atoms. The third-order valence-corrected chi connectivity index (χ3v) is 4.81. The van der Waals surface area contributed by atoms with Crippen molar-refractivity contribution in [2.45, 2.75) is 46.0 Å². The van der Waals surface area contributed by atoms with Crippen LogP contribution in [0.3, 0.4) is 0 Å². The van der Waals surface area contributed by atoms with Gasteiger partial charge >= 0.3 is 0 Å². The Hall–Kier alpha value is -1.06. The van der Waals surface area contributed by atoms with Crippen LogP contribution < -0.4 is 10.6 Å². The Balaban J connectivity index is 1.71. The van der Waals surface area contributed by atoms with Crippen LogP contribution in [0.25, 0.3) is 0 Å². The van der Waals surface area contributed by atoms with E-state index in [2.05, 4.69) is 30.5 Å². The number of carbonyl (C=O) groups is 1. The maximum Gasteiger partial charge on any atom is 0.220 e. The first kappa shape index (κ1) is 18.3. The van der Waals surface area contributed by atoms with Crippen LogP contribution in [0.15, 0.2) is 24.3 Å². The first-order valence-electron chi connectivity index (χ1n) is 8.66. The van der Waals surface area contributed by atoms with Crippen molar-refractivity contribution < 1.29 is 4.79 Å². The van der Waals surface area contributed by atoms with Crippen LogP contribution in [0, 0.1) is 11.3 Å². The van der Waals surface area contributed by atoms with Gasteiger partial charge < -0.3 is 10.6 Å². The summed E-state index contributed by atoms with van der Waals surface area (Å²) < 4.78 is 0. The van der Waals surface area contributed by atoms with E-state index >= 15 is 0 Å². The number of piperidine rings is 1. The fourth-order valence-electron chi connectivity index (χ4n) is 3.19. The van der Waals surface area contributed by atoms with Crippen molar-refractivity contribution in [1.82, 2.24) is 10.6 Å². The Bertz CT molecular complexity index is 510. The number of hydrogen-bond donors (Lipinski definition) is 2. The van der Waals surface area contributed by atoms with Gasteiger partial charge in [0.05, 0.1) is 0 Å². The molecule has 0 saturated carbocycles. The molecule has 1 aliphatic rings. The minimum absolute atomic E-state index is 0.0229. The number of nitrogens with one attached hydrogen (secondary N) is 2. The summed E-state index contributed by atoms with van der Waals surface area (Å²) in [6.45, 7) is 7.25. The lowest BCUT2D eigenvalue weighted by atomic mass is 9.85. The second-order valence-corrected chi connectivity index (χ2v) is 7.92. The standard InChI is InChI=1S/C19H29ClN2O/c1-19(2,13-16-4-3-5-17(20)12-16)14-22-18(23)7-6-15-8-10-21-11-9-15/h3-5,12,15,21H,6-11,13-14H2,1-2H3,(H,22,23). The molecule has 0 radical (unpaired) electrons. The van der Waals surface area contributed by atoms with Crippen molar-refractivity contribution in [3.8, 4) is 0 Å². The molecule has 1 heterocycles. The van der Waals surface area contributed by atoms with Crippen LogP contribution in [0.1, 0.15) is 45.1 Å². The minimum atomic E-state index is 0.0229. The zero-order valence-electron chi connectivity index (χ0n) is 14.3. The van der Waals surface area contributed by atoms with E-state index in [0.717, 1.165) is 31.0 Å². The number of halogens is 1. The summed E-state index contributed by atoms with van der Waals surface area (Å²) in [5.41, 5.74) is 1.24. The van der Waals surface area contributed by atoms with Crippen molar-refractivity contribution in [3.63, 3.8) is 0 Å². The summed E-state index contributed by atoms with van der Waals surface area (Å²) in [6.07, 6.45) is 4.98. The van der Waals surface area contributed by atoms with Gasteiger partial charge in [-0.3, -0.25) is 4.79 Å². The van der Waals surface area contributed by atoms with Gasteiger partial charge in [0.1, 0.15) is 0 Å². The highest BCUT2D eigenvalue weighted by Crippen LogP contribution is 2.23. The van der Waals surface area contributed by atoms with Crippen molar-refractivity contribution in [3.05, 3.63) is 34.9 Å². The van der Waals surface area contributed by atoms with Crippen LogP contribution in [0.5, 0.6) is 0 Å². The zero-order chi connectivity index (χ0) is 16.7. The molecule has 1 fully saturated rings. The monoisotopic (exact) mass is 336 g/mol. The molecular formula is C19H29ClN2O. The zero-order valence-corrected chi connectivity index (χ0v) is 15.1. The normalized spacial score (nSPS) is 16.3. The van der Waals surface area contributed by atoms with Gasteiger partial charge in [0.2, 0.25) is 5.91 Å². The molecule has 2 N–H and O–H groups in total. The predicted molar refractivity (Wildman–Crippen MR) is 96.8 cm³/mol. The van der Waals surface area contributed by atoms with Crippen LogP contribution in [0.2, 0.25) is 5.02 Å². The van der Waals surface area contributed by atoms with E-state index in [4.69, 9.17) is 11.6 Å². The van der Waals surface area contributed by atoms with E-state index < -0.39 is 0 Å². The first-order valence-corrected chi connectivity index (χ1v) is 9.04. The number of benzene rings is 1. The summed E-state index contributed by atoms with van der Waals surface area (Å²) in [4.78, 5) is 12.1. The van der Waals surface area contributed by atoms with Gasteiger partial charge in [-0.15, -0.1) is 0 Å². The quantitative estimate of drug-likeness (QED) is 0.795. The molecule has 1 aromatic rings. The molecule has 0 aromatic heterocycles. The Morgan fingerprint density at radius 2 is 2.09 bits per heavy atom. The van der Waals surface area contributed by atoms with E-state index in [1.807, 2.05) is 18.2 Å². The highest BCUT2D eigenvalue weighted by atomic mass is 35.5. The average Bonchev–Trinajstić information content (AvgIpc) is 2.52. The Labute approximate surface area is 145 Å². The number of amides is 1. The maximum absolute atomic E-state index is 12.1. The lowest BCUT2D eigenvalue weighted by Gasteiger charge is -2.26. The molecule has 1 amide bonds. The molecule has 1 aromatic carbocycles. The van der Waals surface area contributed by atoms with Crippen molar-refractivity contribution in [1.29, 1.82) is 0 Å². The van der Waals surface area contributed by atoms with E-state index in [1.54, 1.807) is 0 Å². The van der Waals surface area contributed by atoms with Gasteiger partial charge in [-0.05, 0) is 67.8 Å². The molecule has 0 atom stereocenters. The van der Waals surface area contributed by atoms with Gasteiger partial charge in [0.25, 0.3) is 0 Å². The van der Waals surface area contributed by atoms with Crippen LogP contribution in [0.4, 0.5) is 0 Å². The summed E-state index contributed by atoms with van der Waals surface area (Å²) in [5.74, 6) is 0.893. The molecule has 0 bridgehead atoms. The number of hydrogen-bond acceptors (Lipinski definition) is 2. The molecule has 2 rings (SSSR count).